The van der Waals surface area contributed by atoms with Gasteiger partial charge in [0.25, 0.3) is 5.91 Å². The lowest BCUT2D eigenvalue weighted by molar-refractivity contribution is 0.0264. The first-order valence-corrected chi connectivity index (χ1v) is 11.0. The summed E-state index contributed by atoms with van der Waals surface area (Å²) in [5.41, 5.74) is 1.55. The predicted molar refractivity (Wildman–Crippen MR) is 117 cm³/mol. The van der Waals surface area contributed by atoms with Crippen molar-refractivity contribution in [3.63, 3.8) is 0 Å². The minimum absolute atomic E-state index is 0.0663. The lowest BCUT2D eigenvalue weighted by Gasteiger charge is -2.42. The summed E-state index contributed by atoms with van der Waals surface area (Å²) < 4.78 is 20.4. The van der Waals surface area contributed by atoms with Crippen molar-refractivity contribution in [1.29, 1.82) is 0 Å². The Hall–Kier alpha value is -2.56. The number of hydrogen-bond acceptors (Lipinski definition) is 3. The van der Waals surface area contributed by atoms with E-state index >= 15 is 0 Å². The number of benzene rings is 2. The average Bonchev–Trinajstić information content (AvgIpc) is 2.74. The standard InChI is InChI=1S/C25H32FNO3/c1-5-13-25(6-2)16-21(20-15-18(26)10-12-23(20)30-25)19-11-9-17(14-22(19)28)24(29)27(7-3)8-4/h9-12,14-15,21,28H,5-8,13,16H2,1-4H3. The summed E-state index contributed by atoms with van der Waals surface area (Å²) in [6, 6.07) is 9.71. The fourth-order valence-corrected chi connectivity index (χ4v) is 4.59. The zero-order valence-corrected chi connectivity index (χ0v) is 18.4. The number of nitrogens with zero attached hydrogens (tertiary/aromatic N) is 1. The summed E-state index contributed by atoms with van der Waals surface area (Å²) in [7, 11) is 0. The smallest absolute Gasteiger partial charge is 0.253 e. The summed E-state index contributed by atoms with van der Waals surface area (Å²) in [4.78, 5) is 14.4. The van der Waals surface area contributed by atoms with Crippen molar-refractivity contribution in [3.8, 4) is 11.5 Å². The Bertz CT molecular complexity index is 909. The maximum absolute atomic E-state index is 14.1. The Kier molecular flexibility index (Phi) is 6.69. The van der Waals surface area contributed by atoms with Gasteiger partial charge in [-0.2, -0.15) is 0 Å². The fraction of sp³-hybridized carbons (Fsp3) is 0.480. The molecule has 4 nitrogen and oxygen atoms in total. The molecule has 3 rings (SSSR count). The van der Waals surface area contributed by atoms with E-state index in [1.165, 1.54) is 18.2 Å². The van der Waals surface area contributed by atoms with Crippen molar-refractivity contribution in [2.75, 3.05) is 13.1 Å². The Morgan fingerprint density at radius 3 is 2.47 bits per heavy atom. The molecule has 0 saturated carbocycles. The molecule has 1 aliphatic heterocycles. The van der Waals surface area contributed by atoms with Gasteiger partial charge in [0, 0.05) is 35.7 Å². The molecule has 1 N–H and O–H groups in total. The SMILES string of the molecule is CCCC1(CC)CC(c2ccc(C(=O)N(CC)CC)cc2O)c2cc(F)ccc2O1. The normalized spacial score (nSPS) is 20.4. The number of fused-ring (bicyclic) bond motifs is 1. The van der Waals surface area contributed by atoms with Gasteiger partial charge in [0.15, 0.2) is 0 Å². The van der Waals surface area contributed by atoms with Gasteiger partial charge in [-0.25, -0.2) is 4.39 Å². The van der Waals surface area contributed by atoms with E-state index in [1.54, 1.807) is 17.0 Å². The van der Waals surface area contributed by atoms with Crippen LogP contribution in [0.3, 0.4) is 0 Å². The van der Waals surface area contributed by atoms with E-state index in [1.807, 2.05) is 19.9 Å². The van der Waals surface area contributed by atoms with Gasteiger partial charge in [0.1, 0.15) is 22.9 Å². The van der Waals surface area contributed by atoms with Gasteiger partial charge in [-0.15, -0.1) is 0 Å². The quantitative estimate of drug-likeness (QED) is 0.617. The third kappa shape index (κ3) is 4.16. The van der Waals surface area contributed by atoms with E-state index in [2.05, 4.69) is 13.8 Å². The van der Waals surface area contributed by atoms with Crippen molar-refractivity contribution in [2.24, 2.45) is 0 Å². The van der Waals surface area contributed by atoms with Crippen LogP contribution in [0, 0.1) is 5.82 Å². The van der Waals surface area contributed by atoms with Crippen LogP contribution in [-0.2, 0) is 0 Å². The lowest BCUT2D eigenvalue weighted by atomic mass is 9.75. The van der Waals surface area contributed by atoms with E-state index in [0.717, 1.165) is 24.8 Å². The number of rotatable bonds is 7. The molecule has 1 amide bonds. The Labute approximate surface area is 178 Å². The molecular formula is C25H32FNO3. The highest BCUT2D eigenvalue weighted by Crippen LogP contribution is 2.49. The minimum Gasteiger partial charge on any atom is -0.508 e. The van der Waals surface area contributed by atoms with Gasteiger partial charge >= 0.3 is 0 Å². The van der Waals surface area contributed by atoms with Crippen molar-refractivity contribution in [1.82, 2.24) is 4.90 Å². The molecule has 0 fully saturated rings. The molecule has 0 aromatic heterocycles. The van der Waals surface area contributed by atoms with Gasteiger partial charge < -0.3 is 14.7 Å². The van der Waals surface area contributed by atoms with Crippen LogP contribution in [0.15, 0.2) is 36.4 Å². The zero-order valence-electron chi connectivity index (χ0n) is 18.4. The molecule has 0 spiro atoms. The van der Waals surface area contributed by atoms with Crippen LogP contribution in [0.4, 0.5) is 4.39 Å². The first kappa shape index (κ1) is 22.1. The second-order valence-electron chi connectivity index (χ2n) is 8.08. The van der Waals surface area contributed by atoms with Gasteiger partial charge in [-0.05, 0) is 63.4 Å². The molecule has 0 aliphatic carbocycles. The highest BCUT2D eigenvalue weighted by Gasteiger charge is 2.40. The number of aromatic hydroxyl groups is 1. The van der Waals surface area contributed by atoms with Crippen molar-refractivity contribution >= 4 is 5.91 Å². The molecule has 2 atom stereocenters. The monoisotopic (exact) mass is 413 g/mol. The van der Waals surface area contributed by atoms with Gasteiger partial charge in [-0.1, -0.05) is 26.3 Å². The number of ether oxygens (including phenoxy) is 1. The van der Waals surface area contributed by atoms with Gasteiger partial charge in [-0.3, -0.25) is 4.79 Å². The van der Waals surface area contributed by atoms with E-state index < -0.39 is 0 Å². The number of amides is 1. The molecule has 2 aromatic rings. The molecule has 2 unspecified atom stereocenters. The summed E-state index contributed by atoms with van der Waals surface area (Å²) in [5.74, 6) is 0.111. The topological polar surface area (TPSA) is 49.8 Å². The van der Waals surface area contributed by atoms with Crippen LogP contribution < -0.4 is 4.74 Å². The van der Waals surface area contributed by atoms with E-state index in [4.69, 9.17) is 4.74 Å². The first-order chi connectivity index (χ1) is 14.4. The number of carbonyl (C=O) groups excluding carboxylic acids is 1. The van der Waals surface area contributed by atoms with E-state index in [9.17, 15) is 14.3 Å². The largest absolute Gasteiger partial charge is 0.508 e. The van der Waals surface area contributed by atoms with Crippen molar-refractivity contribution in [2.45, 2.75) is 64.9 Å². The van der Waals surface area contributed by atoms with Crippen molar-refractivity contribution < 1.29 is 19.0 Å². The van der Waals surface area contributed by atoms with Crippen LogP contribution in [0.5, 0.6) is 11.5 Å². The highest BCUT2D eigenvalue weighted by molar-refractivity contribution is 5.94. The summed E-state index contributed by atoms with van der Waals surface area (Å²) in [5, 5.41) is 10.9. The zero-order chi connectivity index (χ0) is 21.9. The summed E-state index contributed by atoms with van der Waals surface area (Å²) >= 11 is 0. The molecule has 5 heteroatoms. The summed E-state index contributed by atoms with van der Waals surface area (Å²) in [6.07, 6.45) is 3.34. The van der Waals surface area contributed by atoms with E-state index in [0.29, 0.717) is 36.4 Å². The molecule has 0 bridgehead atoms. The van der Waals surface area contributed by atoms with Crippen LogP contribution in [0.25, 0.3) is 0 Å². The molecule has 2 aromatic carbocycles. The summed E-state index contributed by atoms with van der Waals surface area (Å²) in [6.45, 7) is 9.32. The molecule has 0 saturated heterocycles. The Morgan fingerprint density at radius 2 is 1.87 bits per heavy atom. The first-order valence-electron chi connectivity index (χ1n) is 11.0. The molecule has 1 heterocycles. The number of phenolic OH excluding ortho intramolecular Hbond substituents is 1. The Balaban J connectivity index is 2.05. The number of carbonyl (C=O) groups is 1. The van der Waals surface area contributed by atoms with Gasteiger partial charge in [0.2, 0.25) is 0 Å². The number of hydrogen-bond donors (Lipinski definition) is 1. The molecule has 1 aliphatic rings. The second-order valence-corrected chi connectivity index (χ2v) is 8.08. The van der Waals surface area contributed by atoms with Crippen molar-refractivity contribution in [3.05, 3.63) is 58.9 Å². The highest BCUT2D eigenvalue weighted by atomic mass is 19.1. The van der Waals surface area contributed by atoms with Crippen LogP contribution in [0.2, 0.25) is 0 Å². The second kappa shape index (κ2) is 9.07. The molecule has 30 heavy (non-hydrogen) atoms. The van der Waals surface area contributed by atoms with E-state index in [-0.39, 0.29) is 29.0 Å². The van der Waals surface area contributed by atoms with Crippen LogP contribution in [-0.4, -0.2) is 34.6 Å². The molecule has 162 valence electrons. The maximum atomic E-state index is 14.1. The average molecular weight is 414 g/mol. The van der Waals surface area contributed by atoms with Gasteiger partial charge in [0.05, 0.1) is 0 Å². The molecular weight excluding hydrogens is 381 g/mol. The third-order valence-corrected chi connectivity index (χ3v) is 6.30. The molecule has 0 radical (unpaired) electrons. The maximum Gasteiger partial charge on any atom is 0.253 e. The minimum atomic E-state index is -0.355. The number of phenols is 1. The van der Waals surface area contributed by atoms with Crippen LogP contribution >= 0.6 is 0 Å². The lowest BCUT2D eigenvalue weighted by Crippen LogP contribution is -2.40. The fourth-order valence-electron chi connectivity index (χ4n) is 4.59. The van der Waals surface area contributed by atoms with Crippen LogP contribution in [0.1, 0.15) is 80.8 Å². The predicted octanol–water partition coefficient (Wildman–Crippen LogP) is 5.88. The Morgan fingerprint density at radius 1 is 1.13 bits per heavy atom. The third-order valence-electron chi connectivity index (χ3n) is 6.30. The number of halogens is 1.